The van der Waals surface area contributed by atoms with Gasteiger partial charge in [-0.1, -0.05) is 31.9 Å². The molecule has 0 unspecified atom stereocenters. The highest BCUT2D eigenvalue weighted by atomic mass is 79.9. The van der Waals surface area contributed by atoms with Crippen LogP contribution in [-0.2, 0) is 4.79 Å². The summed E-state index contributed by atoms with van der Waals surface area (Å²) in [6.45, 7) is 0. The Hall–Kier alpha value is -1.27. The second-order valence-electron chi connectivity index (χ2n) is 5.40. The van der Waals surface area contributed by atoms with Crippen molar-refractivity contribution in [3.8, 4) is 5.75 Å². The van der Waals surface area contributed by atoms with E-state index in [-0.39, 0.29) is 16.4 Å². The van der Waals surface area contributed by atoms with E-state index in [0.717, 1.165) is 8.95 Å². The topological polar surface area (TPSA) is 87.7 Å². The number of carboxylic acids is 1. The van der Waals surface area contributed by atoms with Crippen molar-refractivity contribution in [2.45, 2.75) is 0 Å². The molecule has 29 heavy (non-hydrogen) atoms. The molecule has 0 atom stereocenters. The quantitative estimate of drug-likeness (QED) is 0.268. The molecular formula is C18H12Br4N2O4S. The van der Waals surface area contributed by atoms with E-state index < -0.39 is 11.9 Å². The van der Waals surface area contributed by atoms with Crippen LogP contribution in [0.2, 0.25) is 0 Å². The molecule has 2 aromatic rings. The van der Waals surface area contributed by atoms with Crippen LogP contribution in [0.3, 0.4) is 0 Å². The lowest BCUT2D eigenvalue weighted by Crippen LogP contribution is -2.33. The van der Waals surface area contributed by atoms with Crippen molar-refractivity contribution < 1.29 is 19.4 Å². The zero-order chi connectivity index (χ0) is 21.7. The highest BCUT2D eigenvalue weighted by Crippen LogP contribution is 2.33. The molecule has 0 aliphatic heterocycles. The van der Waals surface area contributed by atoms with Crippen LogP contribution in [0.15, 0.2) is 48.2 Å². The number of anilines is 1. The summed E-state index contributed by atoms with van der Waals surface area (Å²) >= 11 is 18.4. The number of carbonyl (C=O) groups excluding carboxylic acids is 1. The van der Waals surface area contributed by atoms with Crippen molar-refractivity contribution in [1.29, 1.82) is 0 Å². The van der Waals surface area contributed by atoms with Crippen molar-refractivity contribution in [1.82, 2.24) is 5.32 Å². The number of aromatic carboxylic acids is 1. The molecular weight excluding hydrogens is 660 g/mol. The van der Waals surface area contributed by atoms with Crippen molar-refractivity contribution in [3.05, 3.63) is 59.4 Å². The Morgan fingerprint density at radius 2 is 1.69 bits per heavy atom. The molecule has 1 amide bonds. The molecule has 152 valence electrons. The zero-order valence-electron chi connectivity index (χ0n) is 14.6. The molecule has 3 N–H and O–H groups in total. The normalized spacial score (nSPS) is 10.7. The van der Waals surface area contributed by atoms with E-state index in [1.165, 1.54) is 19.3 Å². The molecule has 11 heteroatoms. The number of ether oxygens (including phenoxy) is 1. The summed E-state index contributed by atoms with van der Waals surface area (Å²) in [5.41, 5.74) is 0.890. The van der Waals surface area contributed by atoms with E-state index in [1.54, 1.807) is 18.2 Å². The van der Waals surface area contributed by atoms with Gasteiger partial charge in [-0.2, -0.15) is 0 Å². The van der Waals surface area contributed by atoms with Gasteiger partial charge < -0.3 is 15.2 Å². The van der Waals surface area contributed by atoms with Crippen LogP contribution in [0.1, 0.15) is 15.9 Å². The minimum absolute atomic E-state index is 0.0119. The van der Waals surface area contributed by atoms with Crippen LogP contribution >= 0.6 is 75.9 Å². The lowest BCUT2D eigenvalue weighted by atomic mass is 10.2. The third-order valence-corrected chi connectivity index (χ3v) is 5.75. The summed E-state index contributed by atoms with van der Waals surface area (Å²) in [5, 5.41) is 14.5. The van der Waals surface area contributed by atoms with Gasteiger partial charge in [-0.15, -0.1) is 0 Å². The van der Waals surface area contributed by atoms with Crippen LogP contribution < -0.4 is 15.4 Å². The highest BCUT2D eigenvalue weighted by Gasteiger charge is 2.16. The number of hydrogen-bond acceptors (Lipinski definition) is 4. The SMILES string of the molecule is COc1c(Br)cc(Br)cc1C=CC(=O)NC(=S)Nc1c(Br)cc(Br)cc1C(=O)O. The van der Waals surface area contributed by atoms with Crippen molar-refractivity contribution in [2.75, 3.05) is 12.4 Å². The standard InChI is InChI=1S/C18H12Br4N2O4S/c1-28-16-8(4-9(19)7-13(16)22)2-3-14(25)23-18(29)24-15-11(17(26)27)5-10(20)6-12(15)21/h2-7H,1H3,(H,26,27)(H2,23,24,25,29). The number of amides is 1. The summed E-state index contributed by atoms with van der Waals surface area (Å²) in [6, 6.07) is 6.71. The molecule has 0 saturated carbocycles. The van der Waals surface area contributed by atoms with Gasteiger partial charge in [0.05, 0.1) is 22.8 Å². The number of thiocarbonyl (C=S) groups is 1. The van der Waals surface area contributed by atoms with Gasteiger partial charge in [0.25, 0.3) is 0 Å². The third kappa shape index (κ3) is 6.61. The Balaban J connectivity index is 2.14. The largest absolute Gasteiger partial charge is 0.495 e. The first-order chi connectivity index (χ1) is 13.6. The van der Waals surface area contributed by atoms with Crippen LogP contribution in [0.25, 0.3) is 6.08 Å². The first-order valence-corrected chi connectivity index (χ1v) is 11.3. The van der Waals surface area contributed by atoms with Crippen LogP contribution in [-0.4, -0.2) is 29.2 Å². The summed E-state index contributed by atoms with van der Waals surface area (Å²) < 4.78 is 7.92. The molecule has 0 spiro atoms. The monoisotopic (exact) mass is 668 g/mol. The number of hydrogen-bond donors (Lipinski definition) is 3. The first-order valence-electron chi connectivity index (χ1n) is 7.67. The van der Waals surface area contributed by atoms with E-state index in [2.05, 4.69) is 74.4 Å². The molecule has 0 aliphatic rings. The second kappa shape index (κ2) is 10.7. The number of carboxylic acid groups (broad SMARTS) is 1. The molecule has 0 fully saturated rings. The van der Waals surface area contributed by atoms with Crippen molar-refractivity contribution >= 4 is 105 Å². The Bertz CT molecular complexity index is 1030. The molecule has 0 radical (unpaired) electrons. The van der Waals surface area contributed by atoms with E-state index in [1.807, 2.05) is 6.07 Å². The lowest BCUT2D eigenvalue weighted by molar-refractivity contribution is -0.115. The smallest absolute Gasteiger partial charge is 0.337 e. The van der Waals surface area contributed by atoms with Crippen LogP contribution in [0.5, 0.6) is 5.75 Å². The minimum Gasteiger partial charge on any atom is -0.495 e. The Kier molecular flexibility index (Phi) is 8.83. The molecule has 0 bridgehead atoms. The highest BCUT2D eigenvalue weighted by molar-refractivity contribution is 9.11. The average molecular weight is 672 g/mol. The fourth-order valence-corrected chi connectivity index (χ4v) is 5.20. The van der Waals surface area contributed by atoms with Gasteiger partial charge in [0.2, 0.25) is 5.91 Å². The summed E-state index contributed by atoms with van der Waals surface area (Å²) in [5.74, 6) is -1.07. The fraction of sp³-hybridized carbons (Fsp3) is 0.0556. The summed E-state index contributed by atoms with van der Waals surface area (Å²) in [6.07, 6.45) is 2.87. The van der Waals surface area contributed by atoms with Gasteiger partial charge in [0, 0.05) is 25.1 Å². The van der Waals surface area contributed by atoms with E-state index in [9.17, 15) is 14.7 Å². The predicted molar refractivity (Wildman–Crippen MR) is 131 cm³/mol. The fourth-order valence-electron chi connectivity index (χ4n) is 2.25. The molecule has 0 aromatic heterocycles. The van der Waals surface area contributed by atoms with E-state index in [4.69, 9.17) is 17.0 Å². The van der Waals surface area contributed by atoms with E-state index >= 15 is 0 Å². The second-order valence-corrected chi connectivity index (χ2v) is 9.35. The van der Waals surface area contributed by atoms with Gasteiger partial charge in [0.15, 0.2) is 5.11 Å². The Labute approximate surface area is 205 Å². The molecule has 2 aromatic carbocycles. The van der Waals surface area contributed by atoms with Crippen LogP contribution in [0.4, 0.5) is 5.69 Å². The number of rotatable bonds is 5. The molecule has 0 heterocycles. The van der Waals surface area contributed by atoms with Gasteiger partial charge in [-0.25, -0.2) is 4.79 Å². The maximum atomic E-state index is 12.2. The van der Waals surface area contributed by atoms with Crippen molar-refractivity contribution in [3.63, 3.8) is 0 Å². The van der Waals surface area contributed by atoms with Gasteiger partial charge in [-0.05, 0) is 74.4 Å². The molecule has 0 saturated heterocycles. The number of benzene rings is 2. The summed E-state index contributed by atoms with van der Waals surface area (Å²) in [7, 11) is 1.53. The average Bonchev–Trinajstić information content (AvgIpc) is 2.61. The summed E-state index contributed by atoms with van der Waals surface area (Å²) in [4.78, 5) is 23.7. The van der Waals surface area contributed by atoms with Gasteiger partial charge in [-0.3, -0.25) is 10.1 Å². The maximum Gasteiger partial charge on any atom is 0.337 e. The zero-order valence-corrected chi connectivity index (χ0v) is 21.7. The number of methoxy groups -OCH3 is 1. The van der Waals surface area contributed by atoms with Gasteiger partial charge in [0.1, 0.15) is 5.75 Å². The molecule has 0 aliphatic carbocycles. The predicted octanol–water partition coefficient (Wildman–Crippen LogP) is 5.97. The Morgan fingerprint density at radius 1 is 1.07 bits per heavy atom. The molecule has 6 nitrogen and oxygen atoms in total. The third-order valence-electron chi connectivity index (χ3n) is 3.42. The molecule has 2 rings (SSSR count). The number of carbonyl (C=O) groups is 2. The first kappa shape index (κ1) is 24.0. The lowest BCUT2D eigenvalue weighted by Gasteiger charge is -2.13. The minimum atomic E-state index is -1.14. The number of halogens is 4. The Morgan fingerprint density at radius 3 is 2.31 bits per heavy atom. The van der Waals surface area contributed by atoms with Crippen LogP contribution in [0, 0.1) is 0 Å². The van der Waals surface area contributed by atoms with Gasteiger partial charge >= 0.3 is 5.97 Å². The number of nitrogens with one attached hydrogen (secondary N) is 2. The maximum absolute atomic E-state index is 12.2. The van der Waals surface area contributed by atoms with Crippen molar-refractivity contribution in [2.24, 2.45) is 0 Å². The van der Waals surface area contributed by atoms with E-state index in [0.29, 0.717) is 20.3 Å².